The predicted molar refractivity (Wildman–Crippen MR) is 110 cm³/mol. The van der Waals surface area contributed by atoms with Crippen LogP contribution in [0.3, 0.4) is 0 Å². The van der Waals surface area contributed by atoms with Crippen molar-refractivity contribution in [2.75, 3.05) is 19.6 Å². The third-order valence-corrected chi connectivity index (χ3v) is 6.15. The molecule has 2 aromatic carbocycles. The Morgan fingerprint density at radius 3 is 2.42 bits per heavy atom. The highest BCUT2D eigenvalue weighted by Crippen LogP contribution is 2.37. The molecular weight excluding hydrogens is 405 g/mol. The van der Waals surface area contributed by atoms with Crippen LogP contribution in [0.4, 0.5) is 13.2 Å². The Bertz CT molecular complexity index is 968. The average Bonchev–Trinajstić information content (AvgIpc) is 3.47. The van der Waals surface area contributed by atoms with Gasteiger partial charge in [-0.15, -0.1) is 0 Å². The Hall–Kier alpha value is -2.83. The molecule has 1 saturated carbocycles. The molecule has 0 radical (unpaired) electrons. The first-order valence-corrected chi connectivity index (χ1v) is 10.5. The second kappa shape index (κ2) is 8.36. The summed E-state index contributed by atoms with van der Waals surface area (Å²) in [5.74, 6) is -1.00. The molecule has 4 rings (SSSR count). The fraction of sp³-hybridized carbons (Fsp3) is 0.417. The van der Waals surface area contributed by atoms with Gasteiger partial charge in [0.1, 0.15) is 0 Å². The van der Waals surface area contributed by atoms with Crippen LogP contribution in [0.1, 0.15) is 45.8 Å². The van der Waals surface area contributed by atoms with E-state index in [1.165, 1.54) is 6.07 Å². The molecule has 1 aliphatic heterocycles. The summed E-state index contributed by atoms with van der Waals surface area (Å²) >= 11 is 0. The van der Waals surface area contributed by atoms with Crippen molar-refractivity contribution in [3.05, 3.63) is 70.8 Å². The van der Waals surface area contributed by atoms with Gasteiger partial charge >= 0.3 is 6.18 Å². The summed E-state index contributed by atoms with van der Waals surface area (Å²) in [6.45, 7) is 2.89. The number of hydrogen-bond acceptors (Lipinski definition) is 2. The summed E-state index contributed by atoms with van der Waals surface area (Å²) in [4.78, 5) is 27.5. The number of carbonyl (C=O) groups is 2. The van der Waals surface area contributed by atoms with Crippen molar-refractivity contribution >= 4 is 11.8 Å². The van der Waals surface area contributed by atoms with Crippen LogP contribution in [0.15, 0.2) is 48.5 Å². The first-order valence-electron chi connectivity index (χ1n) is 10.5. The van der Waals surface area contributed by atoms with E-state index in [1.54, 1.807) is 23.1 Å². The molecule has 1 aliphatic carbocycles. The van der Waals surface area contributed by atoms with E-state index < -0.39 is 23.6 Å². The van der Waals surface area contributed by atoms with Crippen LogP contribution < -0.4 is 5.32 Å². The normalized spacial score (nSPS) is 21.2. The monoisotopic (exact) mass is 430 g/mol. The van der Waals surface area contributed by atoms with Gasteiger partial charge in [0.15, 0.2) is 0 Å². The van der Waals surface area contributed by atoms with Crippen LogP contribution in [0, 0.1) is 18.8 Å². The van der Waals surface area contributed by atoms with Gasteiger partial charge in [0.25, 0.3) is 5.91 Å². The highest BCUT2D eigenvalue weighted by molar-refractivity contribution is 5.95. The third kappa shape index (κ3) is 4.92. The molecule has 2 amide bonds. The molecule has 31 heavy (non-hydrogen) atoms. The Kier molecular flexibility index (Phi) is 5.77. The molecule has 2 unspecified atom stereocenters. The Balaban J connectivity index is 1.59. The van der Waals surface area contributed by atoms with Crippen molar-refractivity contribution in [1.29, 1.82) is 0 Å². The van der Waals surface area contributed by atoms with Crippen LogP contribution in [-0.2, 0) is 11.0 Å². The number of rotatable bonds is 5. The predicted octanol–water partition coefficient (Wildman–Crippen LogP) is 4.40. The summed E-state index contributed by atoms with van der Waals surface area (Å²) < 4.78 is 39.7. The molecule has 2 aromatic rings. The Labute approximate surface area is 179 Å². The maximum atomic E-state index is 13.2. The quantitative estimate of drug-likeness (QED) is 0.765. The van der Waals surface area contributed by atoms with Crippen molar-refractivity contribution in [2.24, 2.45) is 11.8 Å². The van der Waals surface area contributed by atoms with E-state index in [0.29, 0.717) is 23.6 Å². The van der Waals surface area contributed by atoms with E-state index in [-0.39, 0.29) is 24.9 Å². The zero-order valence-electron chi connectivity index (χ0n) is 17.3. The van der Waals surface area contributed by atoms with Gasteiger partial charge in [-0.05, 0) is 49.4 Å². The van der Waals surface area contributed by atoms with Crippen LogP contribution in [0.5, 0.6) is 0 Å². The fourth-order valence-corrected chi connectivity index (χ4v) is 4.10. The molecule has 2 fully saturated rings. The lowest BCUT2D eigenvalue weighted by Gasteiger charge is -2.19. The zero-order chi connectivity index (χ0) is 22.2. The second-order valence-electron chi connectivity index (χ2n) is 8.60. The van der Waals surface area contributed by atoms with Gasteiger partial charge in [0.05, 0.1) is 11.5 Å². The molecule has 4 nitrogen and oxygen atoms in total. The van der Waals surface area contributed by atoms with Crippen molar-refractivity contribution in [3.8, 4) is 0 Å². The van der Waals surface area contributed by atoms with Crippen LogP contribution in [0.25, 0.3) is 0 Å². The molecule has 0 aromatic heterocycles. The molecule has 1 saturated heterocycles. The SMILES string of the molecule is Cc1ccc(C(=O)N2CC(C(=O)NCC3CC3)C(c3cccc(C(F)(F)F)c3)C2)cc1. The van der Waals surface area contributed by atoms with Gasteiger partial charge in [-0.2, -0.15) is 13.2 Å². The lowest BCUT2D eigenvalue weighted by Crippen LogP contribution is -2.36. The van der Waals surface area contributed by atoms with E-state index in [1.807, 2.05) is 19.1 Å². The number of nitrogens with one attached hydrogen (secondary N) is 1. The molecule has 0 spiro atoms. The molecule has 2 atom stereocenters. The molecule has 7 heteroatoms. The van der Waals surface area contributed by atoms with E-state index in [2.05, 4.69) is 5.32 Å². The second-order valence-corrected chi connectivity index (χ2v) is 8.60. The lowest BCUT2D eigenvalue weighted by molar-refractivity contribution is -0.137. The molecule has 164 valence electrons. The number of aryl methyl sites for hydroxylation is 1. The highest BCUT2D eigenvalue weighted by Gasteiger charge is 2.42. The number of halogens is 3. The molecule has 0 bridgehead atoms. The van der Waals surface area contributed by atoms with Crippen molar-refractivity contribution in [2.45, 2.75) is 31.9 Å². The van der Waals surface area contributed by atoms with Crippen molar-refractivity contribution in [1.82, 2.24) is 10.2 Å². The van der Waals surface area contributed by atoms with Crippen LogP contribution in [0.2, 0.25) is 0 Å². The fourth-order valence-electron chi connectivity index (χ4n) is 4.10. The van der Waals surface area contributed by atoms with Gasteiger partial charge in [0.2, 0.25) is 5.91 Å². The highest BCUT2D eigenvalue weighted by atomic mass is 19.4. The van der Waals surface area contributed by atoms with Gasteiger partial charge in [-0.1, -0.05) is 35.9 Å². The standard InChI is InChI=1S/C24H25F3N2O2/c1-15-5-9-17(10-6-15)23(31)29-13-20(18-3-2-4-19(11-18)24(25,26)27)21(14-29)22(30)28-12-16-7-8-16/h2-6,9-11,16,20-21H,7-8,12-14H2,1H3,(H,28,30). The minimum Gasteiger partial charge on any atom is -0.356 e. The van der Waals surface area contributed by atoms with Crippen LogP contribution >= 0.6 is 0 Å². The minimum absolute atomic E-state index is 0.185. The van der Waals surface area contributed by atoms with Crippen LogP contribution in [-0.4, -0.2) is 36.3 Å². The van der Waals surface area contributed by atoms with E-state index >= 15 is 0 Å². The first kappa shape index (κ1) is 21.4. The number of amides is 2. The number of nitrogens with zero attached hydrogens (tertiary/aromatic N) is 1. The van der Waals surface area contributed by atoms with Gasteiger partial charge in [-0.3, -0.25) is 9.59 Å². The number of likely N-dealkylation sites (tertiary alicyclic amines) is 1. The topological polar surface area (TPSA) is 49.4 Å². The summed E-state index contributed by atoms with van der Waals surface area (Å²) in [5, 5.41) is 2.94. The molecule has 2 aliphatic rings. The summed E-state index contributed by atoms with van der Waals surface area (Å²) in [6.07, 6.45) is -2.30. The third-order valence-electron chi connectivity index (χ3n) is 6.15. The number of benzene rings is 2. The van der Waals surface area contributed by atoms with Gasteiger partial charge < -0.3 is 10.2 Å². The summed E-state index contributed by atoms with van der Waals surface area (Å²) in [5.41, 5.74) is 1.22. The number of hydrogen-bond donors (Lipinski definition) is 1. The smallest absolute Gasteiger partial charge is 0.356 e. The maximum Gasteiger partial charge on any atom is 0.416 e. The van der Waals surface area contributed by atoms with Gasteiger partial charge in [-0.25, -0.2) is 0 Å². The maximum absolute atomic E-state index is 13.2. The lowest BCUT2D eigenvalue weighted by atomic mass is 9.87. The summed E-state index contributed by atoms with van der Waals surface area (Å²) in [6, 6.07) is 12.2. The largest absolute Gasteiger partial charge is 0.416 e. The number of alkyl halides is 3. The molecule has 1 N–H and O–H groups in total. The Morgan fingerprint density at radius 2 is 1.77 bits per heavy atom. The van der Waals surface area contributed by atoms with E-state index in [9.17, 15) is 22.8 Å². The minimum atomic E-state index is -4.46. The first-order chi connectivity index (χ1) is 14.7. The van der Waals surface area contributed by atoms with Gasteiger partial charge in [0, 0.05) is 31.1 Å². The number of carbonyl (C=O) groups excluding carboxylic acids is 2. The van der Waals surface area contributed by atoms with Crippen molar-refractivity contribution < 1.29 is 22.8 Å². The summed E-state index contributed by atoms with van der Waals surface area (Å²) in [7, 11) is 0. The molecular formula is C24H25F3N2O2. The average molecular weight is 430 g/mol. The Morgan fingerprint density at radius 1 is 1.06 bits per heavy atom. The zero-order valence-corrected chi connectivity index (χ0v) is 17.3. The van der Waals surface area contributed by atoms with E-state index in [4.69, 9.17) is 0 Å². The van der Waals surface area contributed by atoms with Crippen molar-refractivity contribution in [3.63, 3.8) is 0 Å². The molecule has 1 heterocycles. The van der Waals surface area contributed by atoms with E-state index in [0.717, 1.165) is 30.5 Å².